The zero-order chi connectivity index (χ0) is 15.6. The number of benzene rings is 1. The largest absolute Gasteiger partial charge is 0.382 e. The van der Waals surface area contributed by atoms with Gasteiger partial charge in [-0.1, -0.05) is 6.07 Å². The Bertz CT molecular complexity index is 683. The van der Waals surface area contributed by atoms with Crippen LogP contribution in [-0.2, 0) is 16.8 Å². The lowest BCUT2D eigenvalue weighted by Gasteiger charge is -2.32. The molecule has 1 aromatic rings. The average Bonchev–Trinajstić information content (AvgIpc) is 2.44. The summed E-state index contributed by atoms with van der Waals surface area (Å²) < 4.78 is 0. The molecule has 0 atom stereocenters. The number of carbonyl (C=O) groups excluding carboxylic acids is 1. The van der Waals surface area contributed by atoms with Crippen LogP contribution >= 0.6 is 0 Å². The monoisotopic (exact) mass is 284 g/mol. The van der Waals surface area contributed by atoms with Gasteiger partial charge in [-0.2, -0.15) is 10.4 Å². The Kier molecular flexibility index (Phi) is 3.63. The Hall–Kier alpha value is -2.88. The first-order valence-corrected chi connectivity index (χ1v) is 6.36. The minimum atomic E-state index is -0.631. The number of anilines is 1. The minimum absolute atomic E-state index is 0.0305. The average molecular weight is 284 g/mol. The predicted octanol–water partition coefficient (Wildman–Crippen LogP) is 0.821. The normalized spacial score (nSPS) is 16.4. The molecule has 0 saturated heterocycles. The van der Waals surface area contributed by atoms with Crippen molar-refractivity contribution in [1.29, 1.82) is 10.7 Å². The Morgan fingerprint density at radius 3 is 2.90 bits per heavy atom. The number of fused-ring (bicyclic) bond motifs is 1. The van der Waals surface area contributed by atoms with Crippen LogP contribution in [0.3, 0.4) is 0 Å². The summed E-state index contributed by atoms with van der Waals surface area (Å²) in [6.07, 6.45) is 0. The first-order chi connectivity index (χ1) is 9.86. The molecule has 1 heterocycles. The maximum atomic E-state index is 11.9. The summed E-state index contributed by atoms with van der Waals surface area (Å²) >= 11 is 0. The minimum Gasteiger partial charge on any atom is -0.382 e. The third kappa shape index (κ3) is 2.69. The lowest BCUT2D eigenvalue weighted by atomic mass is 9.78. The summed E-state index contributed by atoms with van der Waals surface area (Å²) in [5.74, 6) is -0.431. The smallest absolute Gasteiger partial charge is 0.230 e. The molecule has 1 aliphatic rings. The van der Waals surface area contributed by atoms with Gasteiger partial charge in [0.1, 0.15) is 6.07 Å². The summed E-state index contributed by atoms with van der Waals surface area (Å²) in [4.78, 5) is 11.9. The van der Waals surface area contributed by atoms with E-state index in [0.717, 1.165) is 11.1 Å². The van der Waals surface area contributed by atoms with Gasteiger partial charge in [-0.05, 0) is 37.1 Å². The highest BCUT2D eigenvalue weighted by Gasteiger charge is 2.35. The first-order valence-electron chi connectivity index (χ1n) is 6.36. The molecular weight excluding hydrogens is 268 g/mol. The van der Waals surface area contributed by atoms with Crippen molar-refractivity contribution in [2.75, 3.05) is 5.43 Å². The van der Waals surface area contributed by atoms with Crippen LogP contribution in [0.2, 0.25) is 0 Å². The number of nitriles is 1. The molecule has 21 heavy (non-hydrogen) atoms. The van der Waals surface area contributed by atoms with Crippen LogP contribution in [0.15, 0.2) is 23.3 Å². The summed E-state index contributed by atoms with van der Waals surface area (Å²) in [7, 11) is 0. The summed E-state index contributed by atoms with van der Waals surface area (Å²) in [5.41, 5.74) is 9.67. The van der Waals surface area contributed by atoms with Crippen molar-refractivity contribution in [2.45, 2.75) is 25.8 Å². The molecular formula is C14H16N6O. The number of hydrogen-bond acceptors (Lipinski definition) is 5. The van der Waals surface area contributed by atoms with E-state index in [4.69, 9.17) is 16.4 Å². The number of nitrogens with two attached hydrogens (primary N) is 1. The Balaban J connectivity index is 2.34. The van der Waals surface area contributed by atoms with E-state index in [2.05, 4.69) is 15.8 Å². The molecule has 1 aromatic carbocycles. The molecule has 2 rings (SSSR count). The van der Waals surface area contributed by atoms with E-state index in [9.17, 15) is 4.79 Å². The van der Waals surface area contributed by atoms with Gasteiger partial charge in [0.25, 0.3) is 0 Å². The van der Waals surface area contributed by atoms with E-state index >= 15 is 0 Å². The number of amides is 1. The predicted molar refractivity (Wildman–Crippen MR) is 79.9 cm³/mol. The number of nitrogens with zero attached hydrogens (tertiary/aromatic N) is 2. The van der Waals surface area contributed by atoms with Gasteiger partial charge in [0.05, 0.1) is 11.1 Å². The summed E-state index contributed by atoms with van der Waals surface area (Å²) in [6.45, 7) is 4.20. The molecule has 0 aromatic heterocycles. The van der Waals surface area contributed by atoms with Crippen molar-refractivity contribution < 1.29 is 4.79 Å². The maximum absolute atomic E-state index is 11.9. The molecule has 7 nitrogen and oxygen atoms in total. The molecule has 5 N–H and O–H groups in total. The molecule has 108 valence electrons. The second-order valence-corrected chi connectivity index (χ2v) is 5.28. The highest BCUT2D eigenvalue weighted by Crippen LogP contribution is 2.32. The molecule has 7 heteroatoms. The van der Waals surface area contributed by atoms with Gasteiger partial charge < -0.3 is 11.1 Å². The number of rotatable bonds is 3. The molecule has 0 fully saturated rings. The molecule has 1 aliphatic heterocycles. The molecule has 0 spiro atoms. The van der Waals surface area contributed by atoms with Crippen molar-refractivity contribution in [3.05, 3.63) is 29.3 Å². The second kappa shape index (κ2) is 5.25. The maximum Gasteiger partial charge on any atom is 0.230 e. The van der Waals surface area contributed by atoms with Crippen molar-refractivity contribution >= 4 is 23.1 Å². The van der Waals surface area contributed by atoms with Gasteiger partial charge in [-0.25, -0.2) is 0 Å². The fourth-order valence-corrected chi connectivity index (χ4v) is 2.17. The zero-order valence-electron chi connectivity index (χ0n) is 11.8. The Labute approximate surface area is 122 Å². The van der Waals surface area contributed by atoms with Crippen molar-refractivity contribution in [1.82, 2.24) is 5.32 Å². The summed E-state index contributed by atoms with van der Waals surface area (Å²) in [5, 5.41) is 22.6. The van der Waals surface area contributed by atoms with Gasteiger partial charge in [-0.3, -0.25) is 15.6 Å². The number of amidine groups is 1. The second-order valence-electron chi connectivity index (χ2n) is 5.28. The third-order valence-electron chi connectivity index (χ3n) is 3.45. The van der Waals surface area contributed by atoms with Crippen LogP contribution in [0.4, 0.5) is 5.69 Å². The summed E-state index contributed by atoms with van der Waals surface area (Å²) in [6, 6.07) is 7.25. The zero-order valence-corrected chi connectivity index (χ0v) is 11.8. The number of carbonyl (C=O) groups is 1. The number of hydrazone groups is 1. The molecule has 0 radical (unpaired) electrons. The van der Waals surface area contributed by atoms with Gasteiger partial charge in [0.15, 0.2) is 5.84 Å². The fraction of sp³-hybridized carbons (Fsp3) is 0.286. The molecule has 0 saturated carbocycles. The van der Waals surface area contributed by atoms with Crippen LogP contribution in [0.1, 0.15) is 25.0 Å². The van der Waals surface area contributed by atoms with Gasteiger partial charge >= 0.3 is 0 Å². The van der Waals surface area contributed by atoms with Crippen LogP contribution in [0.5, 0.6) is 0 Å². The van der Waals surface area contributed by atoms with Gasteiger partial charge in [0, 0.05) is 6.54 Å². The van der Waals surface area contributed by atoms with E-state index in [1.807, 2.05) is 26.0 Å². The first kappa shape index (κ1) is 14.5. The van der Waals surface area contributed by atoms with Gasteiger partial charge in [0.2, 0.25) is 11.6 Å². The van der Waals surface area contributed by atoms with Crippen LogP contribution in [-0.4, -0.2) is 17.5 Å². The van der Waals surface area contributed by atoms with E-state index < -0.39 is 11.3 Å². The third-order valence-corrected chi connectivity index (χ3v) is 3.45. The highest BCUT2D eigenvalue weighted by atomic mass is 16.2. The van der Waals surface area contributed by atoms with E-state index in [1.54, 1.807) is 12.1 Å². The molecule has 0 aliphatic carbocycles. The van der Waals surface area contributed by atoms with E-state index in [1.165, 1.54) is 0 Å². The van der Waals surface area contributed by atoms with Gasteiger partial charge in [-0.15, -0.1) is 0 Å². The Morgan fingerprint density at radius 2 is 2.29 bits per heavy atom. The lowest BCUT2D eigenvalue weighted by Crippen LogP contribution is -2.44. The molecule has 0 unspecified atom stereocenters. The Morgan fingerprint density at radius 1 is 1.57 bits per heavy atom. The quantitative estimate of drug-likeness (QED) is 0.372. The SMILES string of the molecule is CC1(C)C(=O)NCc2ccc(N/N=C(\C#N)C(=N)N)cc21. The van der Waals surface area contributed by atoms with Crippen molar-refractivity contribution in [3.63, 3.8) is 0 Å². The van der Waals surface area contributed by atoms with Crippen LogP contribution in [0.25, 0.3) is 0 Å². The number of hydrogen-bond donors (Lipinski definition) is 4. The molecule has 1 amide bonds. The van der Waals surface area contributed by atoms with Crippen molar-refractivity contribution in [3.8, 4) is 6.07 Å². The van der Waals surface area contributed by atoms with Crippen molar-refractivity contribution in [2.24, 2.45) is 10.8 Å². The van der Waals surface area contributed by atoms with E-state index in [-0.39, 0.29) is 11.6 Å². The molecule has 0 bridgehead atoms. The topological polar surface area (TPSA) is 127 Å². The standard InChI is InChI=1S/C14H16N6O/c1-14(2)10-5-9(19-20-11(6-15)12(16)17)4-3-8(10)7-18-13(14)21/h3-5,19H,7H2,1-2H3,(H3,16,17)(H,18,21)/b20-11+. The number of nitrogens with one attached hydrogen (secondary N) is 3. The highest BCUT2D eigenvalue weighted by molar-refractivity contribution is 6.45. The lowest BCUT2D eigenvalue weighted by molar-refractivity contribution is -0.126. The van der Waals surface area contributed by atoms with Crippen LogP contribution in [0, 0.1) is 16.7 Å². The van der Waals surface area contributed by atoms with Crippen LogP contribution < -0.4 is 16.5 Å². The fourth-order valence-electron chi connectivity index (χ4n) is 2.17. The van der Waals surface area contributed by atoms with E-state index in [0.29, 0.717) is 12.2 Å².